The van der Waals surface area contributed by atoms with E-state index in [1.165, 1.54) is 11.1 Å². The lowest BCUT2D eigenvalue weighted by Gasteiger charge is -2.25. The molecule has 3 aromatic rings. The number of thiazole rings is 1. The number of hydrogen-bond donors (Lipinski definition) is 1. The molecule has 4 nitrogen and oxygen atoms in total. The zero-order valence-corrected chi connectivity index (χ0v) is 18.0. The maximum absolute atomic E-state index is 12.6. The van der Waals surface area contributed by atoms with E-state index in [4.69, 9.17) is 0 Å². The molecule has 0 saturated heterocycles. The number of nitrogens with one attached hydrogen (secondary N) is 1. The topological polar surface area (TPSA) is 45.2 Å². The van der Waals surface area contributed by atoms with E-state index in [2.05, 4.69) is 32.7 Å². The predicted octanol–water partition coefficient (Wildman–Crippen LogP) is 4.78. The van der Waals surface area contributed by atoms with Gasteiger partial charge in [-0.15, -0.1) is 11.3 Å². The first-order valence-corrected chi connectivity index (χ1v) is 11.0. The van der Waals surface area contributed by atoms with Crippen molar-refractivity contribution in [2.75, 3.05) is 20.6 Å². The van der Waals surface area contributed by atoms with Crippen LogP contribution in [0.15, 0.2) is 64.3 Å². The van der Waals surface area contributed by atoms with E-state index in [0.29, 0.717) is 12.1 Å². The summed E-state index contributed by atoms with van der Waals surface area (Å²) in [4.78, 5) is 19.1. The summed E-state index contributed by atoms with van der Waals surface area (Å²) >= 11 is 3.40. The van der Waals surface area contributed by atoms with Crippen LogP contribution >= 0.6 is 23.1 Å². The molecule has 0 aliphatic carbocycles. The number of aryl methyl sites for hydroxylation is 1. The number of likely N-dealkylation sites (N-methyl/N-ethyl adjacent to an activating group) is 1. The summed E-state index contributed by atoms with van der Waals surface area (Å²) in [6.45, 7) is 2.57. The van der Waals surface area contributed by atoms with Crippen LogP contribution < -0.4 is 5.32 Å². The van der Waals surface area contributed by atoms with Crippen molar-refractivity contribution in [1.29, 1.82) is 0 Å². The minimum atomic E-state index is -0.0440. The van der Waals surface area contributed by atoms with Gasteiger partial charge in [-0.2, -0.15) is 0 Å². The summed E-state index contributed by atoms with van der Waals surface area (Å²) in [5.74, 6) is 0.809. The molecular weight excluding hydrogens is 386 g/mol. The maximum Gasteiger partial charge on any atom is 0.251 e. The number of amides is 1. The van der Waals surface area contributed by atoms with Gasteiger partial charge in [0.15, 0.2) is 0 Å². The fraction of sp³-hybridized carbons (Fsp3) is 0.273. The summed E-state index contributed by atoms with van der Waals surface area (Å²) in [5, 5.41) is 5.13. The monoisotopic (exact) mass is 411 g/mol. The van der Waals surface area contributed by atoms with Crippen LogP contribution in [0.4, 0.5) is 0 Å². The molecule has 0 bridgehead atoms. The minimum absolute atomic E-state index is 0.0440. The van der Waals surface area contributed by atoms with Gasteiger partial charge in [-0.05, 0) is 44.3 Å². The predicted molar refractivity (Wildman–Crippen MR) is 118 cm³/mol. The Hall–Kier alpha value is -2.15. The number of carbonyl (C=O) groups is 1. The third-order valence-corrected chi connectivity index (χ3v) is 6.65. The largest absolute Gasteiger partial charge is 0.350 e. The summed E-state index contributed by atoms with van der Waals surface area (Å²) in [6.07, 6.45) is 0. The first kappa shape index (κ1) is 20.6. The summed E-state index contributed by atoms with van der Waals surface area (Å²) in [7, 11) is 4.06. The lowest BCUT2D eigenvalue weighted by Crippen LogP contribution is -2.34. The van der Waals surface area contributed by atoms with Crippen molar-refractivity contribution >= 4 is 29.0 Å². The van der Waals surface area contributed by atoms with Crippen molar-refractivity contribution in [3.8, 4) is 0 Å². The van der Waals surface area contributed by atoms with E-state index in [1.54, 1.807) is 23.1 Å². The number of thioether (sulfide) groups is 1. The lowest BCUT2D eigenvalue weighted by molar-refractivity contribution is 0.0942. The van der Waals surface area contributed by atoms with E-state index >= 15 is 0 Å². The van der Waals surface area contributed by atoms with Gasteiger partial charge in [-0.25, -0.2) is 4.98 Å². The second-order valence-corrected chi connectivity index (χ2v) is 8.92. The first-order valence-electron chi connectivity index (χ1n) is 9.16. The standard InChI is InChI=1S/C22H25N3OS2/c1-16-14-27-22(24-16)28-15-17-9-11-19(12-10-17)21(26)23-13-20(25(2)3)18-7-5-4-6-8-18/h4-12,14,20H,13,15H2,1-3H3,(H,23,26). The molecule has 1 heterocycles. The van der Waals surface area contributed by atoms with Gasteiger partial charge >= 0.3 is 0 Å². The third-order valence-electron chi connectivity index (χ3n) is 4.44. The molecule has 28 heavy (non-hydrogen) atoms. The van der Waals surface area contributed by atoms with Crippen LogP contribution in [0, 0.1) is 6.92 Å². The lowest BCUT2D eigenvalue weighted by atomic mass is 10.1. The SMILES string of the molecule is Cc1csc(SCc2ccc(C(=O)NCC(c3ccccc3)N(C)C)cc2)n1. The Morgan fingerprint density at radius 3 is 2.46 bits per heavy atom. The van der Waals surface area contributed by atoms with E-state index in [-0.39, 0.29) is 11.9 Å². The Balaban J connectivity index is 1.55. The van der Waals surface area contributed by atoms with Crippen molar-refractivity contribution in [3.05, 3.63) is 82.4 Å². The smallest absolute Gasteiger partial charge is 0.251 e. The third kappa shape index (κ3) is 5.67. The number of aromatic nitrogens is 1. The highest BCUT2D eigenvalue weighted by atomic mass is 32.2. The number of benzene rings is 2. The molecule has 2 aromatic carbocycles. The number of nitrogens with zero attached hydrogens (tertiary/aromatic N) is 2. The zero-order chi connectivity index (χ0) is 19.9. The van der Waals surface area contributed by atoms with Gasteiger partial charge in [-0.1, -0.05) is 54.2 Å². The van der Waals surface area contributed by atoms with E-state index in [0.717, 1.165) is 15.8 Å². The Bertz CT molecular complexity index is 892. The number of hydrogen-bond acceptors (Lipinski definition) is 5. The van der Waals surface area contributed by atoms with Crippen LogP contribution in [0.2, 0.25) is 0 Å². The Labute approximate surface area is 175 Å². The molecule has 0 aliphatic heterocycles. The molecule has 0 aliphatic rings. The Morgan fingerprint density at radius 1 is 1.14 bits per heavy atom. The summed E-state index contributed by atoms with van der Waals surface area (Å²) in [6, 6.07) is 18.2. The maximum atomic E-state index is 12.6. The van der Waals surface area contributed by atoms with Crippen LogP contribution in [0.25, 0.3) is 0 Å². The first-order chi connectivity index (χ1) is 13.5. The molecule has 1 unspecified atom stereocenters. The average molecular weight is 412 g/mol. The Morgan fingerprint density at radius 2 is 1.86 bits per heavy atom. The van der Waals surface area contributed by atoms with Gasteiger partial charge in [0.2, 0.25) is 0 Å². The molecule has 0 fully saturated rings. The van der Waals surface area contributed by atoms with Crippen molar-refractivity contribution < 1.29 is 4.79 Å². The second-order valence-electron chi connectivity index (χ2n) is 6.84. The molecule has 1 atom stereocenters. The zero-order valence-electron chi connectivity index (χ0n) is 16.4. The van der Waals surface area contributed by atoms with Crippen LogP contribution in [0.3, 0.4) is 0 Å². The summed E-state index contributed by atoms with van der Waals surface area (Å²) < 4.78 is 1.08. The van der Waals surface area contributed by atoms with Gasteiger partial charge in [0.25, 0.3) is 5.91 Å². The van der Waals surface area contributed by atoms with Crippen LogP contribution in [0.5, 0.6) is 0 Å². The molecule has 0 spiro atoms. The fourth-order valence-electron chi connectivity index (χ4n) is 2.86. The highest BCUT2D eigenvalue weighted by molar-refractivity contribution is 8.00. The normalized spacial score (nSPS) is 12.1. The van der Waals surface area contributed by atoms with Crippen molar-refractivity contribution in [2.45, 2.75) is 23.1 Å². The molecule has 1 amide bonds. The molecule has 0 radical (unpaired) electrons. The molecule has 1 N–H and O–H groups in total. The average Bonchev–Trinajstić information content (AvgIpc) is 3.12. The van der Waals surface area contributed by atoms with Crippen molar-refractivity contribution in [2.24, 2.45) is 0 Å². The van der Waals surface area contributed by atoms with E-state index in [9.17, 15) is 4.79 Å². The van der Waals surface area contributed by atoms with E-state index < -0.39 is 0 Å². The Kier molecular flexibility index (Phi) is 7.25. The molecule has 3 rings (SSSR count). The quantitative estimate of drug-likeness (QED) is 0.542. The fourth-order valence-corrected chi connectivity index (χ4v) is 4.67. The van der Waals surface area contributed by atoms with Gasteiger partial charge in [0.1, 0.15) is 4.34 Å². The van der Waals surface area contributed by atoms with Gasteiger partial charge < -0.3 is 10.2 Å². The summed E-state index contributed by atoms with van der Waals surface area (Å²) in [5.41, 5.74) is 4.12. The number of rotatable bonds is 8. The molecule has 6 heteroatoms. The van der Waals surface area contributed by atoms with Crippen LogP contribution in [0.1, 0.15) is 33.2 Å². The van der Waals surface area contributed by atoms with E-state index in [1.807, 2.05) is 63.5 Å². The van der Waals surface area contributed by atoms with Crippen molar-refractivity contribution in [3.63, 3.8) is 0 Å². The minimum Gasteiger partial charge on any atom is -0.350 e. The highest BCUT2D eigenvalue weighted by Gasteiger charge is 2.15. The van der Waals surface area contributed by atoms with Gasteiger partial charge in [-0.3, -0.25) is 4.79 Å². The number of carbonyl (C=O) groups excluding carboxylic acids is 1. The van der Waals surface area contributed by atoms with Crippen LogP contribution in [-0.4, -0.2) is 36.4 Å². The molecular formula is C22H25N3OS2. The molecule has 146 valence electrons. The molecule has 0 saturated carbocycles. The van der Waals surface area contributed by atoms with Crippen molar-refractivity contribution in [1.82, 2.24) is 15.2 Å². The van der Waals surface area contributed by atoms with Gasteiger partial charge in [0, 0.05) is 28.9 Å². The van der Waals surface area contributed by atoms with Crippen LogP contribution in [-0.2, 0) is 5.75 Å². The van der Waals surface area contributed by atoms with Gasteiger partial charge in [0.05, 0.1) is 6.04 Å². The molecule has 1 aromatic heterocycles. The highest BCUT2D eigenvalue weighted by Crippen LogP contribution is 2.26. The second kappa shape index (κ2) is 9.87.